The lowest BCUT2D eigenvalue weighted by Gasteiger charge is -1.95. The van der Waals surface area contributed by atoms with Crippen molar-refractivity contribution in [2.45, 2.75) is 0 Å². The Morgan fingerprint density at radius 2 is 2.00 bits per heavy atom. The molecular formula is C10H8ClN2. The second-order valence-electron chi connectivity index (χ2n) is 2.79. The van der Waals surface area contributed by atoms with E-state index in [0.717, 1.165) is 16.3 Å². The first kappa shape index (κ1) is 8.32. The number of rotatable bonds is 1. The van der Waals surface area contributed by atoms with Crippen molar-refractivity contribution in [3.63, 3.8) is 0 Å². The molecule has 1 aromatic heterocycles. The number of aryl methyl sites for hydroxylation is 1. The van der Waals surface area contributed by atoms with Gasteiger partial charge in [-0.15, -0.1) is 0 Å². The highest BCUT2D eigenvalue weighted by Gasteiger charge is 1.99. The zero-order valence-electron chi connectivity index (χ0n) is 7.16. The van der Waals surface area contributed by atoms with Gasteiger partial charge in [0.2, 0.25) is 0 Å². The van der Waals surface area contributed by atoms with Gasteiger partial charge in [0, 0.05) is 17.6 Å². The standard InChI is InChI=1S/C10H8ClN2/c1-13-7-6-10(12-13)8-2-4-9(11)5-3-8/h2-6H,1H3. The first-order valence-corrected chi connectivity index (χ1v) is 4.31. The van der Waals surface area contributed by atoms with E-state index in [-0.39, 0.29) is 0 Å². The van der Waals surface area contributed by atoms with Crippen molar-refractivity contribution in [1.82, 2.24) is 9.78 Å². The fourth-order valence-electron chi connectivity index (χ4n) is 1.14. The van der Waals surface area contributed by atoms with Crippen LogP contribution < -0.4 is 0 Å². The van der Waals surface area contributed by atoms with Gasteiger partial charge in [0.25, 0.3) is 0 Å². The van der Waals surface area contributed by atoms with Gasteiger partial charge in [0.05, 0.1) is 11.9 Å². The SMILES string of the molecule is Cn1[c]cc(-c2ccc(Cl)cc2)n1. The Bertz CT molecular complexity index is 403. The lowest BCUT2D eigenvalue weighted by Crippen LogP contribution is -1.87. The molecule has 0 spiro atoms. The van der Waals surface area contributed by atoms with Gasteiger partial charge < -0.3 is 0 Å². The molecular weight excluding hydrogens is 184 g/mol. The first-order valence-electron chi connectivity index (χ1n) is 3.93. The summed E-state index contributed by atoms with van der Waals surface area (Å²) >= 11 is 5.77. The fourth-order valence-corrected chi connectivity index (χ4v) is 1.26. The number of aromatic nitrogens is 2. The van der Waals surface area contributed by atoms with Gasteiger partial charge >= 0.3 is 0 Å². The summed E-state index contributed by atoms with van der Waals surface area (Å²) < 4.78 is 1.66. The summed E-state index contributed by atoms with van der Waals surface area (Å²) in [6.07, 6.45) is 2.95. The minimum Gasteiger partial charge on any atom is -0.266 e. The third-order valence-corrected chi connectivity index (χ3v) is 2.04. The molecule has 0 bridgehead atoms. The Kier molecular flexibility index (Phi) is 2.07. The van der Waals surface area contributed by atoms with Crippen LogP contribution in [0.15, 0.2) is 30.3 Å². The maximum absolute atomic E-state index is 5.77. The minimum atomic E-state index is 0.740. The lowest BCUT2D eigenvalue weighted by atomic mass is 10.2. The zero-order chi connectivity index (χ0) is 9.26. The van der Waals surface area contributed by atoms with Crippen LogP contribution in [0.5, 0.6) is 0 Å². The van der Waals surface area contributed by atoms with Crippen molar-refractivity contribution in [2.75, 3.05) is 0 Å². The van der Waals surface area contributed by atoms with Crippen molar-refractivity contribution < 1.29 is 0 Å². The van der Waals surface area contributed by atoms with Crippen molar-refractivity contribution >= 4 is 11.6 Å². The van der Waals surface area contributed by atoms with Crippen LogP contribution in [0.2, 0.25) is 5.02 Å². The van der Waals surface area contributed by atoms with E-state index < -0.39 is 0 Å². The molecule has 13 heavy (non-hydrogen) atoms. The molecule has 2 rings (SSSR count). The van der Waals surface area contributed by atoms with Gasteiger partial charge in [-0.2, -0.15) is 5.10 Å². The molecule has 0 saturated carbocycles. The molecule has 0 saturated heterocycles. The second kappa shape index (κ2) is 3.23. The number of hydrogen-bond donors (Lipinski definition) is 0. The van der Waals surface area contributed by atoms with E-state index in [4.69, 9.17) is 11.6 Å². The highest BCUT2D eigenvalue weighted by Crippen LogP contribution is 2.18. The molecule has 0 amide bonds. The van der Waals surface area contributed by atoms with Crippen LogP contribution in [0.25, 0.3) is 11.3 Å². The van der Waals surface area contributed by atoms with Crippen molar-refractivity contribution in [1.29, 1.82) is 0 Å². The predicted octanol–water partition coefficient (Wildman–Crippen LogP) is 2.54. The Labute approximate surface area is 81.8 Å². The average Bonchev–Trinajstić information content (AvgIpc) is 2.53. The quantitative estimate of drug-likeness (QED) is 0.678. The van der Waals surface area contributed by atoms with E-state index >= 15 is 0 Å². The average molecular weight is 192 g/mol. The van der Waals surface area contributed by atoms with E-state index in [9.17, 15) is 0 Å². The Hall–Kier alpha value is -1.28. The third kappa shape index (κ3) is 1.73. The molecule has 0 aliphatic heterocycles. The van der Waals surface area contributed by atoms with Crippen LogP contribution in [0, 0.1) is 6.20 Å². The van der Waals surface area contributed by atoms with Gasteiger partial charge in [-0.3, -0.25) is 4.68 Å². The molecule has 0 atom stereocenters. The van der Waals surface area contributed by atoms with E-state index in [1.54, 1.807) is 4.68 Å². The topological polar surface area (TPSA) is 17.8 Å². The molecule has 1 heterocycles. The molecule has 1 radical (unpaired) electrons. The first-order chi connectivity index (χ1) is 6.25. The lowest BCUT2D eigenvalue weighted by molar-refractivity contribution is 0.765. The Morgan fingerprint density at radius 3 is 2.54 bits per heavy atom. The molecule has 2 aromatic rings. The van der Waals surface area contributed by atoms with Gasteiger partial charge in [-0.05, 0) is 18.2 Å². The van der Waals surface area contributed by atoms with E-state index in [2.05, 4.69) is 11.3 Å². The molecule has 0 unspecified atom stereocenters. The maximum Gasteiger partial charge on any atom is 0.0930 e. The summed E-state index contributed by atoms with van der Waals surface area (Å²) in [5, 5.41) is 4.97. The van der Waals surface area contributed by atoms with Crippen LogP contribution >= 0.6 is 11.6 Å². The van der Waals surface area contributed by atoms with Crippen LogP contribution in [-0.4, -0.2) is 9.78 Å². The van der Waals surface area contributed by atoms with Gasteiger partial charge in [-0.1, -0.05) is 23.7 Å². The van der Waals surface area contributed by atoms with Crippen molar-refractivity contribution in [3.8, 4) is 11.3 Å². The molecule has 0 fully saturated rings. The summed E-state index contributed by atoms with van der Waals surface area (Å²) in [5.74, 6) is 0. The maximum atomic E-state index is 5.77. The number of benzene rings is 1. The molecule has 0 aliphatic rings. The van der Waals surface area contributed by atoms with Gasteiger partial charge in [0.15, 0.2) is 0 Å². The summed E-state index contributed by atoms with van der Waals surface area (Å²) in [7, 11) is 1.85. The van der Waals surface area contributed by atoms with Gasteiger partial charge in [0.1, 0.15) is 0 Å². The van der Waals surface area contributed by atoms with Crippen LogP contribution in [-0.2, 0) is 7.05 Å². The molecule has 0 N–H and O–H groups in total. The molecule has 3 heteroatoms. The molecule has 0 aliphatic carbocycles. The third-order valence-electron chi connectivity index (χ3n) is 1.79. The monoisotopic (exact) mass is 191 g/mol. The normalized spacial score (nSPS) is 10.3. The van der Waals surface area contributed by atoms with E-state index in [0.29, 0.717) is 0 Å². The highest BCUT2D eigenvalue weighted by molar-refractivity contribution is 6.30. The highest BCUT2D eigenvalue weighted by atomic mass is 35.5. The van der Waals surface area contributed by atoms with E-state index in [1.165, 1.54) is 0 Å². The zero-order valence-corrected chi connectivity index (χ0v) is 7.92. The second-order valence-corrected chi connectivity index (χ2v) is 3.23. The Balaban J connectivity index is 2.41. The molecule has 65 valence electrons. The summed E-state index contributed by atoms with van der Waals surface area (Å²) in [6, 6.07) is 9.44. The number of nitrogens with zero attached hydrogens (tertiary/aromatic N) is 2. The summed E-state index contributed by atoms with van der Waals surface area (Å²) in [5.41, 5.74) is 1.97. The van der Waals surface area contributed by atoms with E-state index in [1.807, 2.05) is 37.4 Å². The molecule has 1 aromatic carbocycles. The predicted molar refractivity (Wildman–Crippen MR) is 52.5 cm³/mol. The van der Waals surface area contributed by atoms with Crippen molar-refractivity contribution in [2.24, 2.45) is 7.05 Å². The number of halogens is 1. The summed E-state index contributed by atoms with van der Waals surface area (Å²) in [4.78, 5) is 0. The number of hydrogen-bond acceptors (Lipinski definition) is 1. The molecule has 2 nitrogen and oxygen atoms in total. The van der Waals surface area contributed by atoms with Crippen LogP contribution in [0.4, 0.5) is 0 Å². The summed E-state index contributed by atoms with van der Waals surface area (Å²) in [6.45, 7) is 0. The Morgan fingerprint density at radius 1 is 1.31 bits per heavy atom. The minimum absolute atomic E-state index is 0.740. The van der Waals surface area contributed by atoms with Crippen LogP contribution in [0.3, 0.4) is 0 Å². The smallest absolute Gasteiger partial charge is 0.0930 e. The van der Waals surface area contributed by atoms with Gasteiger partial charge in [-0.25, -0.2) is 0 Å². The fraction of sp³-hybridized carbons (Fsp3) is 0.100. The largest absolute Gasteiger partial charge is 0.266 e. The van der Waals surface area contributed by atoms with Crippen molar-refractivity contribution in [3.05, 3.63) is 41.6 Å². The van der Waals surface area contributed by atoms with Crippen LogP contribution in [0.1, 0.15) is 0 Å².